The lowest BCUT2D eigenvalue weighted by Crippen LogP contribution is -2.52. The minimum absolute atomic E-state index is 0.0758. The molecular formula is C11H21N3O2. The van der Waals surface area contributed by atoms with Crippen LogP contribution >= 0.6 is 0 Å². The lowest BCUT2D eigenvalue weighted by Gasteiger charge is -2.37. The van der Waals surface area contributed by atoms with Gasteiger partial charge in [0.05, 0.1) is 19.1 Å². The Labute approximate surface area is 96.5 Å². The molecule has 2 aliphatic rings. The van der Waals surface area contributed by atoms with E-state index in [1.807, 2.05) is 11.9 Å². The van der Waals surface area contributed by atoms with Gasteiger partial charge in [0.25, 0.3) is 0 Å². The third-order valence-corrected chi connectivity index (χ3v) is 3.34. The van der Waals surface area contributed by atoms with Gasteiger partial charge in [-0.1, -0.05) is 0 Å². The van der Waals surface area contributed by atoms with E-state index in [1.165, 1.54) is 0 Å². The highest BCUT2D eigenvalue weighted by Crippen LogP contribution is 2.17. The number of amides is 1. The second-order valence-electron chi connectivity index (χ2n) is 4.85. The van der Waals surface area contributed by atoms with Gasteiger partial charge >= 0.3 is 0 Å². The highest BCUT2D eigenvalue weighted by atomic mass is 16.5. The first kappa shape index (κ1) is 11.8. The zero-order chi connectivity index (χ0) is 11.5. The number of carbonyl (C=O) groups excluding carboxylic acids is 1. The number of likely N-dealkylation sites (N-methyl/N-ethyl adjacent to an activating group) is 1. The summed E-state index contributed by atoms with van der Waals surface area (Å²) in [5.74, 6) is 0.331. The second kappa shape index (κ2) is 5.12. The number of hydrogen-bond donors (Lipinski definition) is 1. The number of nitrogens with two attached hydrogens (primary N) is 1. The van der Waals surface area contributed by atoms with Crippen molar-refractivity contribution in [1.29, 1.82) is 0 Å². The van der Waals surface area contributed by atoms with Crippen molar-refractivity contribution in [2.75, 3.05) is 46.4 Å². The van der Waals surface area contributed by atoms with E-state index in [1.54, 1.807) is 0 Å². The molecule has 5 heteroatoms. The fourth-order valence-electron chi connectivity index (χ4n) is 2.59. The van der Waals surface area contributed by atoms with Crippen LogP contribution in [0.4, 0.5) is 0 Å². The van der Waals surface area contributed by atoms with E-state index >= 15 is 0 Å². The van der Waals surface area contributed by atoms with Gasteiger partial charge in [-0.05, 0) is 13.5 Å². The van der Waals surface area contributed by atoms with Crippen LogP contribution in [0.1, 0.15) is 6.42 Å². The van der Waals surface area contributed by atoms with E-state index in [2.05, 4.69) is 4.90 Å². The number of hydrogen-bond acceptors (Lipinski definition) is 4. The number of rotatable bonds is 1. The van der Waals surface area contributed by atoms with E-state index in [-0.39, 0.29) is 17.9 Å². The number of nitrogens with zero attached hydrogens (tertiary/aromatic N) is 2. The van der Waals surface area contributed by atoms with Gasteiger partial charge in [-0.3, -0.25) is 4.79 Å². The van der Waals surface area contributed by atoms with E-state index in [4.69, 9.17) is 10.5 Å². The summed E-state index contributed by atoms with van der Waals surface area (Å²) in [6, 6.07) is 0.133. The lowest BCUT2D eigenvalue weighted by atomic mass is 9.93. The minimum atomic E-state index is 0.0758. The summed E-state index contributed by atoms with van der Waals surface area (Å²) in [6.45, 7) is 4.53. The number of morpholine rings is 1. The van der Waals surface area contributed by atoms with Gasteiger partial charge in [0, 0.05) is 32.2 Å². The molecule has 5 nitrogen and oxygen atoms in total. The molecule has 2 fully saturated rings. The summed E-state index contributed by atoms with van der Waals surface area (Å²) in [6.07, 6.45) is 0.820. The molecule has 2 atom stereocenters. The molecule has 92 valence electrons. The highest BCUT2D eigenvalue weighted by Gasteiger charge is 2.31. The highest BCUT2D eigenvalue weighted by molar-refractivity contribution is 5.79. The Morgan fingerprint density at radius 2 is 2.00 bits per heavy atom. The van der Waals surface area contributed by atoms with Crippen molar-refractivity contribution >= 4 is 5.91 Å². The molecule has 0 unspecified atom stereocenters. The molecule has 2 rings (SSSR count). The Kier molecular flexibility index (Phi) is 3.78. The maximum Gasteiger partial charge on any atom is 0.227 e. The van der Waals surface area contributed by atoms with Crippen LogP contribution in [0.3, 0.4) is 0 Å². The number of piperidine rings is 1. The van der Waals surface area contributed by atoms with Crippen molar-refractivity contribution in [3.05, 3.63) is 0 Å². The molecule has 0 radical (unpaired) electrons. The van der Waals surface area contributed by atoms with E-state index < -0.39 is 0 Å². The quantitative estimate of drug-likeness (QED) is 0.632. The monoisotopic (exact) mass is 227 g/mol. The molecular weight excluding hydrogens is 206 g/mol. The fraction of sp³-hybridized carbons (Fsp3) is 0.909. The predicted octanol–water partition coefficient (Wildman–Crippen LogP) is -0.876. The standard InChI is InChI=1S/C11H21N3O2/c1-13-7-9(6-10(12)8-13)11(15)14-2-4-16-5-3-14/h9-10H,2-8,12H2,1H3/t9-,10+/m1/s1. The van der Waals surface area contributed by atoms with E-state index in [0.717, 1.165) is 32.6 Å². The van der Waals surface area contributed by atoms with Crippen LogP contribution < -0.4 is 5.73 Å². The van der Waals surface area contributed by atoms with Crippen LogP contribution in [0.2, 0.25) is 0 Å². The molecule has 0 aromatic rings. The van der Waals surface area contributed by atoms with E-state index in [9.17, 15) is 4.79 Å². The SMILES string of the molecule is CN1C[C@@H](N)C[C@@H](C(=O)N2CCOCC2)C1. The maximum absolute atomic E-state index is 12.2. The summed E-state index contributed by atoms with van der Waals surface area (Å²) in [7, 11) is 2.03. The van der Waals surface area contributed by atoms with Crippen LogP contribution in [0.5, 0.6) is 0 Å². The molecule has 0 aromatic carbocycles. The molecule has 0 saturated carbocycles. The Morgan fingerprint density at radius 3 is 2.62 bits per heavy atom. The van der Waals surface area contributed by atoms with Crippen molar-refractivity contribution in [2.24, 2.45) is 11.7 Å². The Morgan fingerprint density at radius 1 is 1.31 bits per heavy atom. The largest absolute Gasteiger partial charge is 0.378 e. The van der Waals surface area contributed by atoms with Crippen LogP contribution in [-0.4, -0.2) is 68.2 Å². The average Bonchev–Trinajstić information content (AvgIpc) is 2.28. The maximum atomic E-state index is 12.2. The van der Waals surface area contributed by atoms with Gasteiger partial charge in [0.2, 0.25) is 5.91 Å². The molecule has 0 spiro atoms. The third kappa shape index (κ3) is 2.72. The van der Waals surface area contributed by atoms with Gasteiger partial charge in [-0.25, -0.2) is 0 Å². The summed E-state index contributed by atoms with van der Waals surface area (Å²) in [5, 5.41) is 0. The molecule has 16 heavy (non-hydrogen) atoms. The lowest BCUT2D eigenvalue weighted by molar-refractivity contribution is -0.141. The van der Waals surface area contributed by atoms with Gasteiger partial charge in [-0.2, -0.15) is 0 Å². The van der Waals surface area contributed by atoms with Crippen LogP contribution in [0, 0.1) is 5.92 Å². The first-order valence-electron chi connectivity index (χ1n) is 5.97. The van der Waals surface area contributed by atoms with Crippen molar-refractivity contribution < 1.29 is 9.53 Å². The van der Waals surface area contributed by atoms with Crippen LogP contribution in [0.15, 0.2) is 0 Å². The Balaban J connectivity index is 1.92. The van der Waals surface area contributed by atoms with Gasteiger partial charge in [-0.15, -0.1) is 0 Å². The molecule has 0 aromatic heterocycles. The smallest absolute Gasteiger partial charge is 0.227 e. The molecule has 2 aliphatic heterocycles. The normalized spacial score (nSPS) is 32.8. The van der Waals surface area contributed by atoms with Gasteiger partial charge < -0.3 is 20.3 Å². The summed E-state index contributed by atoms with van der Waals surface area (Å²) < 4.78 is 5.25. The van der Waals surface area contributed by atoms with E-state index in [0.29, 0.717) is 13.2 Å². The summed E-state index contributed by atoms with van der Waals surface area (Å²) >= 11 is 0. The predicted molar refractivity (Wildman–Crippen MR) is 61.0 cm³/mol. The van der Waals surface area contributed by atoms with Crippen molar-refractivity contribution in [2.45, 2.75) is 12.5 Å². The van der Waals surface area contributed by atoms with Crippen LogP contribution in [-0.2, 0) is 9.53 Å². The fourth-order valence-corrected chi connectivity index (χ4v) is 2.59. The van der Waals surface area contributed by atoms with Crippen molar-refractivity contribution in [3.8, 4) is 0 Å². The first-order chi connectivity index (χ1) is 7.66. The number of likely N-dealkylation sites (tertiary alicyclic amines) is 1. The number of ether oxygens (including phenoxy) is 1. The van der Waals surface area contributed by atoms with Crippen LogP contribution in [0.25, 0.3) is 0 Å². The summed E-state index contributed by atoms with van der Waals surface area (Å²) in [4.78, 5) is 16.3. The molecule has 2 N–H and O–H groups in total. The van der Waals surface area contributed by atoms with Gasteiger partial charge in [0.15, 0.2) is 0 Å². The molecule has 0 bridgehead atoms. The Hall–Kier alpha value is -0.650. The van der Waals surface area contributed by atoms with Crippen molar-refractivity contribution in [3.63, 3.8) is 0 Å². The van der Waals surface area contributed by atoms with Crippen molar-refractivity contribution in [1.82, 2.24) is 9.80 Å². The topological polar surface area (TPSA) is 58.8 Å². The zero-order valence-corrected chi connectivity index (χ0v) is 9.89. The Bertz CT molecular complexity index is 244. The minimum Gasteiger partial charge on any atom is -0.378 e. The summed E-state index contributed by atoms with van der Waals surface area (Å²) in [5.41, 5.74) is 5.95. The van der Waals surface area contributed by atoms with Gasteiger partial charge in [0.1, 0.15) is 0 Å². The second-order valence-corrected chi connectivity index (χ2v) is 4.85. The molecule has 1 amide bonds. The number of carbonyl (C=O) groups is 1. The first-order valence-corrected chi connectivity index (χ1v) is 5.97. The molecule has 2 saturated heterocycles. The molecule has 2 heterocycles. The molecule has 0 aliphatic carbocycles. The zero-order valence-electron chi connectivity index (χ0n) is 9.89. The third-order valence-electron chi connectivity index (χ3n) is 3.34. The average molecular weight is 227 g/mol.